The van der Waals surface area contributed by atoms with Crippen molar-refractivity contribution in [2.45, 2.75) is 57.2 Å². The van der Waals surface area contributed by atoms with Gasteiger partial charge in [-0.25, -0.2) is 9.97 Å². The number of hydrogen-bond acceptors (Lipinski definition) is 5. The van der Waals surface area contributed by atoms with Crippen molar-refractivity contribution in [1.29, 1.82) is 0 Å². The highest BCUT2D eigenvalue weighted by atomic mass is 32.1. The zero-order valence-corrected chi connectivity index (χ0v) is 13.3. The molecular formula is C16H22N4S. The second kappa shape index (κ2) is 5.54. The Morgan fingerprint density at radius 3 is 2.86 bits per heavy atom. The Morgan fingerprint density at radius 1 is 1.29 bits per heavy atom. The second-order valence-electron chi connectivity index (χ2n) is 6.29. The molecule has 4 rings (SSSR count). The number of fused-ring (bicyclic) bond motifs is 3. The Balaban J connectivity index is 1.69. The van der Waals surface area contributed by atoms with E-state index in [4.69, 9.17) is 0 Å². The van der Waals surface area contributed by atoms with E-state index in [1.54, 1.807) is 17.7 Å². The number of anilines is 1. The monoisotopic (exact) mass is 302 g/mol. The summed E-state index contributed by atoms with van der Waals surface area (Å²) < 4.78 is 1.25. The molecule has 4 nitrogen and oxygen atoms in total. The van der Waals surface area contributed by atoms with Gasteiger partial charge in [0, 0.05) is 24.7 Å². The van der Waals surface area contributed by atoms with E-state index in [-0.39, 0.29) is 0 Å². The molecule has 2 saturated heterocycles. The van der Waals surface area contributed by atoms with Crippen LogP contribution in [0.5, 0.6) is 0 Å². The van der Waals surface area contributed by atoms with Gasteiger partial charge in [-0.05, 0) is 43.6 Å². The van der Waals surface area contributed by atoms with Crippen LogP contribution in [0.25, 0.3) is 10.2 Å². The number of nitrogens with one attached hydrogen (secondary N) is 1. The number of nitrogens with zero attached hydrogens (tertiary/aromatic N) is 3. The van der Waals surface area contributed by atoms with Crippen LogP contribution in [0.15, 0.2) is 17.8 Å². The van der Waals surface area contributed by atoms with Crippen molar-refractivity contribution in [1.82, 2.24) is 15.3 Å². The molecule has 4 heterocycles. The molecule has 112 valence electrons. The Labute approximate surface area is 129 Å². The first kappa shape index (κ1) is 13.5. The van der Waals surface area contributed by atoms with Gasteiger partial charge >= 0.3 is 0 Å². The van der Waals surface area contributed by atoms with E-state index >= 15 is 0 Å². The molecule has 2 aliphatic rings. The second-order valence-corrected chi connectivity index (χ2v) is 7.20. The van der Waals surface area contributed by atoms with Crippen LogP contribution in [0, 0.1) is 0 Å². The van der Waals surface area contributed by atoms with E-state index in [0.29, 0.717) is 18.1 Å². The maximum absolute atomic E-state index is 4.65. The maximum atomic E-state index is 4.65. The molecular weight excluding hydrogens is 280 g/mol. The molecule has 0 aromatic carbocycles. The van der Waals surface area contributed by atoms with Crippen molar-refractivity contribution in [2.75, 3.05) is 11.4 Å². The van der Waals surface area contributed by atoms with Crippen LogP contribution in [0.4, 0.5) is 5.82 Å². The zero-order valence-electron chi connectivity index (χ0n) is 12.5. The SMILES string of the molecule is CCCN(c1ncnc2ccsc12)C1CC2CCC(C1)N2. The molecule has 0 spiro atoms. The molecule has 5 heteroatoms. The first-order chi connectivity index (χ1) is 10.3. The summed E-state index contributed by atoms with van der Waals surface area (Å²) in [4.78, 5) is 11.6. The highest BCUT2D eigenvalue weighted by molar-refractivity contribution is 7.17. The first-order valence-electron chi connectivity index (χ1n) is 8.06. The molecule has 2 atom stereocenters. The number of thiophene rings is 1. The van der Waals surface area contributed by atoms with Gasteiger partial charge in [-0.15, -0.1) is 11.3 Å². The summed E-state index contributed by atoms with van der Waals surface area (Å²) in [6, 6.07) is 4.16. The third-order valence-corrected chi connectivity index (χ3v) is 5.75. The summed E-state index contributed by atoms with van der Waals surface area (Å²) >= 11 is 1.77. The maximum Gasteiger partial charge on any atom is 0.150 e. The summed E-state index contributed by atoms with van der Waals surface area (Å²) in [6.07, 6.45) is 8.10. The molecule has 21 heavy (non-hydrogen) atoms. The summed E-state index contributed by atoms with van der Waals surface area (Å²) in [7, 11) is 0. The minimum absolute atomic E-state index is 0.629. The van der Waals surface area contributed by atoms with Gasteiger partial charge in [0.15, 0.2) is 0 Å². The topological polar surface area (TPSA) is 41.1 Å². The van der Waals surface area contributed by atoms with Gasteiger partial charge in [0.05, 0.1) is 10.2 Å². The molecule has 1 N–H and O–H groups in total. The van der Waals surface area contributed by atoms with Crippen LogP contribution < -0.4 is 10.2 Å². The van der Waals surface area contributed by atoms with E-state index in [2.05, 4.69) is 38.6 Å². The van der Waals surface area contributed by atoms with E-state index in [1.165, 1.54) is 30.4 Å². The number of aromatic nitrogens is 2. The fourth-order valence-corrected chi connectivity index (χ4v) is 4.81. The molecule has 0 aliphatic carbocycles. The lowest BCUT2D eigenvalue weighted by Gasteiger charge is -2.38. The van der Waals surface area contributed by atoms with Crippen LogP contribution in [0.2, 0.25) is 0 Å². The molecule has 0 saturated carbocycles. The van der Waals surface area contributed by atoms with Gasteiger partial charge in [0.1, 0.15) is 12.1 Å². The molecule has 0 amide bonds. The normalized spacial score (nSPS) is 28.1. The predicted molar refractivity (Wildman–Crippen MR) is 88.0 cm³/mol. The minimum atomic E-state index is 0.629. The Hall–Kier alpha value is -1.20. The van der Waals surface area contributed by atoms with Crippen molar-refractivity contribution in [3.63, 3.8) is 0 Å². The van der Waals surface area contributed by atoms with Gasteiger partial charge in [-0.1, -0.05) is 6.92 Å². The molecule has 2 unspecified atom stereocenters. The van der Waals surface area contributed by atoms with E-state index in [1.807, 2.05) is 0 Å². The van der Waals surface area contributed by atoms with Crippen LogP contribution in [0.1, 0.15) is 39.0 Å². The van der Waals surface area contributed by atoms with Crippen molar-refractivity contribution in [3.8, 4) is 0 Å². The summed E-state index contributed by atoms with van der Waals surface area (Å²) in [5.41, 5.74) is 1.09. The third-order valence-electron chi connectivity index (χ3n) is 4.85. The lowest BCUT2D eigenvalue weighted by atomic mass is 9.98. The predicted octanol–water partition coefficient (Wildman–Crippen LogP) is 3.19. The molecule has 2 aromatic rings. The average molecular weight is 302 g/mol. The average Bonchev–Trinajstić information content (AvgIpc) is 3.11. The molecule has 2 bridgehead atoms. The van der Waals surface area contributed by atoms with E-state index in [9.17, 15) is 0 Å². The van der Waals surface area contributed by atoms with Gasteiger partial charge in [0.25, 0.3) is 0 Å². The summed E-state index contributed by atoms with van der Waals surface area (Å²) in [5, 5.41) is 5.87. The standard InChI is InChI=1S/C16H22N4S/c1-2-6-20(13-8-11-3-4-12(9-13)19-11)16-15-14(5-7-21-15)17-10-18-16/h5,7,10-13,19H,2-4,6,8-9H2,1H3. The molecule has 2 fully saturated rings. The highest BCUT2D eigenvalue weighted by Gasteiger charge is 2.36. The Morgan fingerprint density at radius 2 is 2.10 bits per heavy atom. The van der Waals surface area contributed by atoms with Crippen molar-refractivity contribution in [3.05, 3.63) is 17.8 Å². The zero-order chi connectivity index (χ0) is 14.2. The minimum Gasteiger partial charge on any atom is -0.352 e. The quantitative estimate of drug-likeness (QED) is 0.941. The van der Waals surface area contributed by atoms with Crippen molar-refractivity contribution < 1.29 is 0 Å². The number of piperidine rings is 1. The first-order valence-corrected chi connectivity index (χ1v) is 8.94. The number of rotatable bonds is 4. The van der Waals surface area contributed by atoms with Crippen LogP contribution in [-0.2, 0) is 0 Å². The smallest absolute Gasteiger partial charge is 0.150 e. The Bertz CT molecular complexity index is 614. The summed E-state index contributed by atoms with van der Waals surface area (Å²) in [6.45, 7) is 3.35. The molecule has 2 aliphatic heterocycles. The van der Waals surface area contributed by atoms with Crippen molar-refractivity contribution in [2.24, 2.45) is 0 Å². The van der Waals surface area contributed by atoms with Crippen LogP contribution in [0.3, 0.4) is 0 Å². The van der Waals surface area contributed by atoms with Gasteiger partial charge < -0.3 is 10.2 Å². The van der Waals surface area contributed by atoms with Gasteiger partial charge in [-0.3, -0.25) is 0 Å². The molecule has 2 aromatic heterocycles. The van der Waals surface area contributed by atoms with E-state index in [0.717, 1.165) is 24.3 Å². The van der Waals surface area contributed by atoms with Gasteiger partial charge in [-0.2, -0.15) is 0 Å². The highest BCUT2D eigenvalue weighted by Crippen LogP contribution is 2.35. The Kier molecular flexibility index (Phi) is 3.55. The van der Waals surface area contributed by atoms with Crippen molar-refractivity contribution >= 4 is 27.4 Å². The molecule has 0 radical (unpaired) electrons. The third kappa shape index (κ3) is 2.42. The van der Waals surface area contributed by atoms with Gasteiger partial charge in [0.2, 0.25) is 0 Å². The fraction of sp³-hybridized carbons (Fsp3) is 0.625. The lowest BCUT2D eigenvalue weighted by molar-refractivity contribution is 0.346. The number of hydrogen-bond donors (Lipinski definition) is 1. The fourth-order valence-electron chi connectivity index (χ4n) is 3.96. The van der Waals surface area contributed by atoms with Crippen LogP contribution in [-0.4, -0.2) is 34.6 Å². The largest absolute Gasteiger partial charge is 0.352 e. The van der Waals surface area contributed by atoms with Crippen LogP contribution >= 0.6 is 11.3 Å². The lowest BCUT2D eigenvalue weighted by Crippen LogP contribution is -2.49. The van der Waals surface area contributed by atoms with E-state index < -0.39 is 0 Å². The summed E-state index contributed by atoms with van der Waals surface area (Å²) in [5.74, 6) is 1.16.